The SMILES string of the molecule is [O-][S+](c1nc2ccccc2s1)C1CCCCC1. The smallest absolute Gasteiger partial charge is 0.302 e. The van der Waals surface area contributed by atoms with Crippen LogP contribution in [0.25, 0.3) is 10.2 Å². The monoisotopic (exact) mass is 265 g/mol. The van der Waals surface area contributed by atoms with Crippen LogP contribution in [0.15, 0.2) is 28.6 Å². The maximum absolute atomic E-state index is 12.4. The highest BCUT2D eigenvalue weighted by Crippen LogP contribution is 2.32. The number of nitrogens with zero attached hydrogens (tertiary/aromatic N) is 1. The molecule has 1 aliphatic carbocycles. The Morgan fingerprint density at radius 2 is 1.94 bits per heavy atom. The van der Waals surface area contributed by atoms with Crippen molar-refractivity contribution in [3.63, 3.8) is 0 Å². The van der Waals surface area contributed by atoms with Crippen molar-refractivity contribution in [1.29, 1.82) is 0 Å². The van der Waals surface area contributed by atoms with Crippen molar-refractivity contribution in [1.82, 2.24) is 4.98 Å². The molecule has 1 aromatic carbocycles. The molecule has 1 aliphatic rings. The molecule has 0 aliphatic heterocycles. The van der Waals surface area contributed by atoms with Gasteiger partial charge in [0, 0.05) is 11.2 Å². The van der Waals surface area contributed by atoms with Gasteiger partial charge in [-0.05, 0) is 37.8 Å². The van der Waals surface area contributed by atoms with E-state index < -0.39 is 11.2 Å². The molecule has 0 saturated heterocycles. The van der Waals surface area contributed by atoms with E-state index in [9.17, 15) is 4.55 Å². The van der Waals surface area contributed by atoms with E-state index >= 15 is 0 Å². The summed E-state index contributed by atoms with van der Waals surface area (Å²) in [6.07, 6.45) is 5.95. The standard InChI is InChI=1S/C13H15NOS2/c15-17(10-6-2-1-3-7-10)13-14-11-8-4-5-9-12(11)16-13/h4-5,8-10H,1-3,6-7H2. The molecule has 0 N–H and O–H groups in total. The van der Waals surface area contributed by atoms with Crippen molar-refractivity contribution in [3.8, 4) is 0 Å². The molecule has 2 aromatic rings. The van der Waals surface area contributed by atoms with Gasteiger partial charge < -0.3 is 4.55 Å². The first-order valence-electron chi connectivity index (χ1n) is 6.11. The van der Waals surface area contributed by atoms with Gasteiger partial charge in [-0.1, -0.05) is 29.9 Å². The number of para-hydroxylation sites is 1. The number of fused-ring (bicyclic) bond motifs is 1. The Kier molecular flexibility index (Phi) is 3.36. The number of hydrogen-bond donors (Lipinski definition) is 0. The Bertz CT molecular complexity index is 472. The molecule has 1 atom stereocenters. The number of rotatable bonds is 2. The second-order valence-electron chi connectivity index (χ2n) is 4.50. The van der Waals surface area contributed by atoms with Gasteiger partial charge in [0.15, 0.2) is 0 Å². The molecule has 2 nitrogen and oxygen atoms in total. The Morgan fingerprint density at radius 1 is 1.18 bits per heavy atom. The Morgan fingerprint density at radius 3 is 2.71 bits per heavy atom. The minimum absolute atomic E-state index is 0.337. The quantitative estimate of drug-likeness (QED) is 0.776. The van der Waals surface area contributed by atoms with Crippen LogP contribution in [0, 0.1) is 0 Å². The molecule has 0 spiro atoms. The van der Waals surface area contributed by atoms with Crippen molar-refractivity contribution in [2.24, 2.45) is 0 Å². The Balaban J connectivity index is 1.86. The first-order valence-corrected chi connectivity index (χ1v) is 8.14. The summed E-state index contributed by atoms with van der Waals surface area (Å²) < 4.78 is 14.4. The highest BCUT2D eigenvalue weighted by Gasteiger charge is 2.29. The molecule has 1 heterocycles. The van der Waals surface area contributed by atoms with E-state index in [2.05, 4.69) is 11.1 Å². The predicted octanol–water partition coefficient (Wildman–Crippen LogP) is 3.74. The maximum atomic E-state index is 12.4. The molecule has 3 rings (SSSR count). The van der Waals surface area contributed by atoms with Gasteiger partial charge >= 0.3 is 4.34 Å². The van der Waals surface area contributed by atoms with Crippen LogP contribution in [0.3, 0.4) is 0 Å². The predicted molar refractivity (Wildman–Crippen MR) is 72.9 cm³/mol. The summed E-state index contributed by atoms with van der Waals surface area (Å²) in [7, 11) is 0. The van der Waals surface area contributed by atoms with Gasteiger partial charge in [-0.3, -0.25) is 0 Å². The van der Waals surface area contributed by atoms with Crippen LogP contribution in [-0.4, -0.2) is 14.8 Å². The van der Waals surface area contributed by atoms with Crippen molar-refractivity contribution in [2.45, 2.75) is 41.7 Å². The Hall–Kier alpha value is -0.580. The third-order valence-corrected chi connectivity index (χ3v) is 6.39. The van der Waals surface area contributed by atoms with E-state index in [0.717, 1.165) is 27.4 Å². The normalized spacial score (nSPS) is 19.6. The zero-order chi connectivity index (χ0) is 11.7. The lowest BCUT2D eigenvalue weighted by Gasteiger charge is -2.22. The molecular weight excluding hydrogens is 250 g/mol. The molecule has 0 amide bonds. The average molecular weight is 265 g/mol. The molecule has 1 fully saturated rings. The molecule has 1 aromatic heterocycles. The van der Waals surface area contributed by atoms with Gasteiger partial charge in [0.05, 0.1) is 10.2 Å². The highest BCUT2D eigenvalue weighted by atomic mass is 32.2. The minimum atomic E-state index is -0.895. The van der Waals surface area contributed by atoms with Crippen LogP contribution in [0.2, 0.25) is 0 Å². The van der Waals surface area contributed by atoms with E-state index in [1.165, 1.54) is 19.3 Å². The minimum Gasteiger partial charge on any atom is -0.609 e. The number of aromatic nitrogens is 1. The van der Waals surface area contributed by atoms with Crippen molar-refractivity contribution in [3.05, 3.63) is 24.3 Å². The molecule has 17 heavy (non-hydrogen) atoms. The molecule has 1 saturated carbocycles. The summed E-state index contributed by atoms with van der Waals surface area (Å²) in [6, 6.07) is 8.03. The second-order valence-corrected chi connectivity index (χ2v) is 7.44. The van der Waals surface area contributed by atoms with E-state index in [-0.39, 0.29) is 0 Å². The maximum Gasteiger partial charge on any atom is 0.302 e. The fraction of sp³-hybridized carbons (Fsp3) is 0.462. The van der Waals surface area contributed by atoms with Gasteiger partial charge in [-0.25, -0.2) is 0 Å². The number of benzene rings is 1. The molecule has 4 heteroatoms. The summed E-state index contributed by atoms with van der Waals surface area (Å²) in [6.45, 7) is 0. The molecule has 0 bridgehead atoms. The van der Waals surface area contributed by atoms with Crippen LogP contribution in [-0.2, 0) is 11.2 Å². The third kappa shape index (κ3) is 2.34. The molecule has 1 unspecified atom stereocenters. The van der Waals surface area contributed by atoms with Crippen LogP contribution >= 0.6 is 11.3 Å². The van der Waals surface area contributed by atoms with Gasteiger partial charge in [0.1, 0.15) is 5.25 Å². The lowest BCUT2D eigenvalue weighted by atomic mass is 10.0. The Labute approximate surface area is 108 Å². The van der Waals surface area contributed by atoms with Crippen LogP contribution in [0.4, 0.5) is 0 Å². The largest absolute Gasteiger partial charge is 0.609 e. The van der Waals surface area contributed by atoms with E-state index in [4.69, 9.17) is 0 Å². The summed E-state index contributed by atoms with van der Waals surface area (Å²) in [5, 5.41) is 0.337. The lowest BCUT2D eigenvalue weighted by Crippen LogP contribution is -2.23. The van der Waals surface area contributed by atoms with Crippen molar-refractivity contribution < 1.29 is 4.55 Å². The van der Waals surface area contributed by atoms with E-state index in [1.807, 2.05) is 18.2 Å². The van der Waals surface area contributed by atoms with E-state index in [0.29, 0.717) is 5.25 Å². The van der Waals surface area contributed by atoms with Crippen LogP contribution < -0.4 is 0 Å². The first kappa shape index (κ1) is 11.5. The zero-order valence-corrected chi connectivity index (χ0v) is 11.2. The second kappa shape index (κ2) is 4.96. The first-order chi connectivity index (χ1) is 8.34. The highest BCUT2D eigenvalue weighted by molar-refractivity contribution is 7.94. The van der Waals surface area contributed by atoms with Gasteiger partial charge in [0.25, 0.3) is 0 Å². The topological polar surface area (TPSA) is 36.0 Å². The summed E-state index contributed by atoms with van der Waals surface area (Å²) >= 11 is 0.693. The van der Waals surface area contributed by atoms with Gasteiger partial charge in [0.2, 0.25) is 0 Å². The summed E-state index contributed by atoms with van der Waals surface area (Å²) in [5.41, 5.74) is 0.983. The molecular formula is C13H15NOS2. The zero-order valence-electron chi connectivity index (χ0n) is 9.59. The van der Waals surface area contributed by atoms with Crippen molar-refractivity contribution in [2.75, 3.05) is 0 Å². The van der Waals surface area contributed by atoms with Gasteiger partial charge in [-0.15, -0.1) is 0 Å². The molecule has 0 radical (unpaired) electrons. The fourth-order valence-electron chi connectivity index (χ4n) is 2.36. The number of hydrogen-bond acceptors (Lipinski definition) is 3. The third-order valence-electron chi connectivity index (χ3n) is 3.30. The summed E-state index contributed by atoms with van der Waals surface area (Å²) in [5.74, 6) is 0. The average Bonchev–Trinajstić information content (AvgIpc) is 2.82. The number of thiazole rings is 1. The molecule has 90 valence electrons. The fourth-order valence-corrected chi connectivity index (χ4v) is 5.30. The van der Waals surface area contributed by atoms with Gasteiger partial charge in [-0.2, -0.15) is 4.98 Å². The lowest BCUT2D eigenvalue weighted by molar-refractivity contribution is 0.483. The summed E-state index contributed by atoms with van der Waals surface area (Å²) in [4.78, 5) is 4.51. The van der Waals surface area contributed by atoms with Crippen molar-refractivity contribution >= 4 is 32.7 Å². The van der Waals surface area contributed by atoms with Crippen LogP contribution in [0.1, 0.15) is 32.1 Å². The van der Waals surface area contributed by atoms with Crippen LogP contribution in [0.5, 0.6) is 0 Å². The van der Waals surface area contributed by atoms with E-state index in [1.54, 1.807) is 11.3 Å².